The molecule has 2 heteroatoms. The van der Waals surface area contributed by atoms with Crippen LogP contribution in [-0.2, 0) is 5.41 Å². The first-order chi connectivity index (χ1) is 14.3. The van der Waals surface area contributed by atoms with Crippen molar-refractivity contribution in [2.75, 3.05) is 14.2 Å². The summed E-state index contributed by atoms with van der Waals surface area (Å²) in [5, 5.41) is 0. The van der Waals surface area contributed by atoms with Crippen LogP contribution in [0, 0.1) is 11.8 Å². The molecule has 156 valence electrons. The van der Waals surface area contributed by atoms with E-state index in [0.717, 1.165) is 11.5 Å². The SMILES string of the molecule is COc1ccc(C(c2ccc(OC)cc2)(C2CCCCC2)C2CCCCC2)cc1. The summed E-state index contributed by atoms with van der Waals surface area (Å²) in [6.45, 7) is 0. The summed E-state index contributed by atoms with van der Waals surface area (Å²) < 4.78 is 11.0. The van der Waals surface area contributed by atoms with Crippen LogP contribution < -0.4 is 9.47 Å². The average molecular weight is 393 g/mol. The van der Waals surface area contributed by atoms with E-state index in [0.29, 0.717) is 11.8 Å². The Morgan fingerprint density at radius 3 is 1.21 bits per heavy atom. The van der Waals surface area contributed by atoms with E-state index in [1.165, 1.54) is 75.3 Å². The van der Waals surface area contributed by atoms with Crippen molar-refractivity contribution in [3.05, 3.63) is 59.7 Å². The molecule has 2 aromatic carbocycles. The van der Waals surface area contributed by atoms with E-state index in [2.05, 4.69) is 48.5 Å². The molecule has 0 unspecified atom stereocenters. The van der Waals surface area contributed by atoms with Gasteiger partial charge in [0.25, 0.3) is 0 Å². The second-order valence-corrected chi connectivity index (χ2v) is 9.00. The maximum Gasteiger partial charge on any atom is 0.118 e. The van der Waals surface area contributed by atoms with Crippen molar-refractivity contribution in [3.8, 4) is 11.5 Å². The first kappa shape index (κ1) is 20.3. The minimum Gasteiger partial charge on any atom is -0.497 e. The van der Waals surface area contributed by atoms with Gasteiger partial charge in [0.2, 0.25) is 0 Å². The van der Waals surface area contributed by atoms with Gasteiger partial charge in [-0.1, -0.05) is 62.8 Å². The van der Waals surface area contributed by atoms with E-state index in [4.69, 9.17) is 9.47 Å². The third kappa shape index (κ3) is 3.91. The molecule has 0 aliphatic heterocycles. The first-order valence-corrected chi connectivity index (χ1v) is 11.6. The molecule has 2 aromatic rings. The summed E-state index contributed by atoms with van der Waals surface area (Å²) in [6.07, 6.45) is 13.6. The Morgan fingerprint density at radius 1 is 0.552 bits per heavy atom. The van der Waals surface area contributed by atoms with E-state index in [9.17, 15) is 0 Å². The third-order valence-electron chi connectivity index (χ3n) is 7.63. The van der Waals surface area contributed by atoms with Gasteiger partial charge in [-0.05, 0) is 72.9 Å². The fourth-order valence-electron chi connectivity index (χ4n) is 6.29. The van der Waals surface area contributed by atoms with Crippen LogP contribution in [0.5, 0.6) is 11.5 Å². The maximum absolute atomic E-state index is 5.49. The van der Waals surface area contributed by atoms with E-state index in [1.54, 1.807) is 14.2 Å². The molecule has 0 saturated heterocycles. The fraction of sp³-hybridized carbons (Fsp3) is 0.556. The monoisotopic (exact) mass is 392 g/mol. The lowest BCUT2D eigenvalue weighted by Gasteiger charge is -2.50. The van der Waals surface area contributed by atoms with Gasteiger partial charge in [-0.15, -0.1) is 0 Å². The van der Waals surface area contributed by atoms with Crippen LogP contribution in [-0.4, -0.2) is 14.2 Å². The molecular formula is C27H36O2. The second kappa shape index (κ2) is 9.24. The Morgan fingerprint density at radius 2 is 0.897 bits per heavy atom. The lowest BCUT2D eigenvalue weighted by molar-refractivity contribution is 0.133. The van der Waals surface area contributed by atoms with Crippen molar-refractivity contribution in [1.29, 1.82) is 0 Å². The topological polar surface area (TPSA) is 18.5 Å². The number of ether oxygens (including phenoxy) is 2. The van der Waals surface area contributed by atoms with Gasteiger partial charge < -0.3 is 9.47 Å². The predicted octanol–water partition coefficient (Wildman–Crippen LogP) is 7.15. The maximum atomic E-state index is 5.49. The summed E-state index contributed by atoms with van der Waals surface area (Å²) >= 11 is 0. The Balaban J connectivity index is 1.89. The molecule has 0 amide bonds. The highest BCUT2D eigenvalue weighted by Gasteiger charge is 2.48. The zero-order valence-electron chi connectivity index (χ0n) is 18.2. The number of hydrogen-bond acceptors (Lipinski definition) is 2. The molecule has 0 spiro atoms. The second-order valence-electron chi connectivity index (χ2n) is 9.00. The van der Waals surface area contributed by atoms with Crippen LogP contribution in [0.15, 0.2) is 48.5 Å². The zero-order chi connectivity index (χ0) is 20.1. The van der Waals surface area contributed by atoms with E-state index in [-0.39, 0.29) is 5.41 Å². The van der Waals surface area contributed by atoms with Gasteiger partial charge in [-0.2, -0.15) is 0 Å². The molecule has 2 nitrogen and oxygen atoms in total. The molecule has 0 bridgehead atoms. The molecule has 2 fully saturated rings. The largest absolute Gasteiger partial charge is 0.497 e. The van der Waals surface area contributed by atoms with Crippen LogP contribution in [0.2, 0.25) is 0 Å². The van der Waals surface area contributed by atoms with Crippen molar-refractivity contribution in [1.82, 2.24) is 0 Å². The van der Waals surface area contributed by atoms with Crippen LogP contribution in [0.3, 0.4) is 0 Å². The van der Waals surface area contributed by atoms with Crippen molar-refractivity contribution in [3.63, 3.8) is 0 Å². The smallest absolute Gasteiger partial charge is 0.118 e. The van der Waals surface area contributed by atoms with Crippen molar-refractivity contribution < 1.29 is 9.47 Å². The Hall–Kier alpha value is -1.96. The molecule has 0 heterocycles. The molecule has 0 N–H and O–H groups in total. The van der Waals surface area contributed by atoms with E-state index >= 15 is 0 Å². The molecule has 4 rings (SSSR count). The number of rotatable bonds is 6. The predicted molar refractivity (Wildman–Crippen MR) is 120 cm³/mol. The standard InChI is InChI=1S/C27H36O2/c1-28-25-17-13-23(14-18-25)27(21-9-5-3-6-10-21,22-11-7-4-8-12-22)24-15-19-26(29-2)20-16-24/h13-22H,3-12H2,1-2H3. The lowest BCUT2D eigenvalue weighted by Crippen LogP contribution is -2.45. The van der Waals surface area contributed by atoms with Gasteiger partial charge >= 0.3 is 0 Å². The molecular weight excluding hydrogens is 356 g/mol. The molecule has 2 aliphatic carbocycles. The third-order valence-corrected chi connectivity index (χ3v) is 7.63. The number of benzene rings is 2. The molecule has 0 radical (unpaired) electrons. The van der Waals surface area contributed by atoms with Gasteiger partial charge in [0.15, 0.2) is 0 Å². The highest BCUT2D eigenvalue weighted by atomic mass is 16.5. The first-order valence-electron chi connectivity index (χ1n) is 11.6. The van der Waals surface area contributed by atoms with Crippen LogP contribution in [0.25, 0.3) is 0 Å². The quantitative estimate of drug-likeness (QED) is 0.519. The number of methoxy groups -OCH3 is 2. The molecule has 0 aromatic heterocycles. The van der Waals surface area contributed by atoms with Gasteiger partial charge in [0, 0.05) is 5.41 Å². The minimum absolute atomic E-state index is 0.0966. The summed E-state index contributed by atoms with van der Waals surface area (Å²) in [5.41, 5.74) is 3.07. The van der Waals surface area contributed by atoms with Gasteiger partial charge in [0.1, 0.15) is 11.5 Å². The normalized spacial score (nSPS) is 19.1. The summed E-state index contributed by atoms with van der Waals surface area (Å²) in [4.78, 5) is 0. The Bertz CT molecular complexity index is 683. The minimum atomic E-state index is 0.0966. The summed E-state index contributed by atoms with van der Waals surface area (Å²) in [5.74, 6) is 3.32. The van der Waals surface area contributed by atoms with Crippen molar-refractivity contribution in [2.24, 2.45) is 11.8 Å². The van der Waals surface area contributed by atoms with Crippen LogP contribution in [0.4, 0.5) is 0 Å². The highest BCUT2D eigenvalue weighted by molar-refractivity contribution is 5.45. The van der Waals surface area contributed by atoms with Crippen LogP contribution >= 0.6 is 0 Å². The molecule has 2 saturated carbocycles. The zero-order valence-corrected chi connectivity index (χ0v) is 18.2. The summed E-state index contributed by atoms with van der Waals surface area (Å²) in [6, 6.07) is 18.1. The molecule has 29 heavy (non-hydrogen) atoms. The molecule has 2 aliphatic rings. The van der Waals surface area contributed by atoms with Gasteiger partial charge in [-0.25, -0.2) is 0 Å². The van der Waals surface area contributed by atoms with Crippen LogP contribution in [0.1, 0.15) is 75.3 Å². The van der Waals surface area contributed by atoms with Crippen molar-refractivity contribution in [2.45, 2.75) is 69.6 Å². The lowest BCUT2D eigenvalue weighted by atomic mass is 9.53. The fourth-order valence-corrected chi connectivity index (χ4v) is 6.29. The Kier molecular flexibility index (Phi) is 6.47. The van der Waals surface area contributed by atoms with Gasteiger partial charge in [-0.3, -0.25) is 0 Å². The van der Waals surface area contributed by atoms with E-state index in [1.807, 2.05) is 0 Å². The summed E-state index contributed by atoms with van der Waals surface area (Å²) in [7, 11) is 3.52. The van der Waals surface area contributed by atoms with Crippen molar-refractivity contribution >= 4 is 0 Å². The number of hydrogen-bond donors (Lipinski definition) is 0. The Labute approximate surface area is 176 Å². The van der Waals surface area contributed by atoms with E-state index < -0.39 is 0 Å². The molecule has 0 atom stereocenters. The highest BCUT2D eigenvalue weighted by Crippen LogP contribution is 2.54. The van der Waals surface area contributed by atoms with Gasteiger partial charge in [0.05, 0.1) is 14.2 Å². The average Bonchev–Trinajstić information content (AvgIpc) is 2.82.